The number of hydrogen-bond donors (Lipinski definition) is 2. The lowest BCUT2D eigenvalue weighted by Gasteiger charge is -2.14. The van der Waals surface area contributed by atoms with E-state index in [0.717, 1.165) is 24.3 Å². The number of nitrogens with zero attached hydrogens (tertiary/aromatic N) is 3. The van der Waals surface area contributed by atoms with Gasteiger partial charge in [-0.2, -0.15) is 5.10 Å². The lowest BCUT2D eigenvalue weighted by atomic mass is 10.1. The summed E-state index contributed by atoms with van der Waals surface area (Å²) >= 11 is 0. The molecule has 1 aromatic carbocycles. The van der Waals surface area contributed by atoms with Crippen molar-refractivity contribution >= 4 is 35.6 Å². The fourth-order valence-corrected chi connectivity index (χ4v) is 2.72. The van der Waals surface area contributed by atoms with Gasteiger partial charge in [-0.1, -0.05) is 0 Å². The van der Waals surface area contributed by atoms with Crippen LogP contribution >= 0.6 is 24.0 Å². The van der Waals surface area contributed by atoms with Gasteiger partial charge < -0.3 is 20.1 Å². The summed E-state index contributed by atoms with van der Waals surface area (Å²) in [5, 5.41) is 11.0. The Morgan fingerprint density at radius 3 is 2.42 bits per heavy atom. The van der Waals surface area contributed by atoms with Crippen molar-refractivity contribution in [2.24, 2.45) is 12.0 Å². The summed E-state index contributed by atoms with van der Waals surface area (Å²) in [4.78, 5) is 4.26. The fraction of sp³-hybridized carbons (Fsp3) is 0.444. The van der Waals surface area contributed by atoms with Gasteiger partial charge in [0.05, 0.1) is 19.9 Å². The van der Waals surface area contributed by atoms with Crippen LogP contribution < -0.4 is 20.1 Å². The Hall–Kier alpha value is -1.97. The third-order valence-electron chi connectivity index (χ3n) is 4.20. The van der Waals surface area contributed by atoms with Gasteiger partial charge in [0, 0.05) is 38.1 Å². The van der Waals surface area contributed by atoms with E-state index in [0.29, 0.717) is 17.5 Å². The molecule has 2 aromatic rings. The Labute approximate surface area is 172 Å². The Kier molecular flexibility index (Phi) is 8.70. The number of benzene rings is 1. The highest BCUT2D eigenvalue weighted by atomic mass is 127. The molecule has 0 bridgehead atoms. The van der Waals surface area contributed by atoms with Gasteiger partial charge in [-0.15, -0.1) is 24.0 Å². The standard InChI is InChI=1S/C18H27N5O2.HI/c1-12-15(13(2)23(4)22-12)9-10-20-18(19-3)21-14-7-8-16(24-5)17(11-14)25-6;/h7-8,11H,9-10H2,1-6H3,(H2,19,20,21);1H. The van der Waals surface area contributed by atoms with Gasteiger partial charge in [0.2, 0.25) is 0 Å². The van der Waals surface area contributed by atoms with E-state index in [1.807, 2.05) is 36.9 Å². The highest BCUT2D eigenvalue weighted by Gasteiger charge is 2.10. The number of ether oxygens (including phenoxy) is 2. The minimum atomic E-state index is 0. The monoisotopic (exact) mass is 473 g/mol. The summed E-state index contributed by atoms with van der Waals surface area (Å²) in [6.07, 6.45) is 0.887. The summed E-state index contributed by atoms with van der Waals surface area (Å²) in [7, 11) is 6.95. The fourth-order valence-electron chi connectivity index (χ4n) is 2.72. The molecular formula is C18H28IN5O2. The van der Waals surface area contributed by atoms with Crippen LogP contribution in [0.4, 0.5) is 5.69 Å². The van der Waals surface area contributed by atoms with Gasteiger partial charge in [-0.25, -0.2) is 0 Å². The maximum Gasteiger partial charge on any atom is 0.195 e. The largest absolute Gasteiger partial charge is 0.493 e. The van der Waals surface area contributed by atoms with E-state index in [-0.39, 0.29) is 24.0 Å². The highest BCUT2D eigenvalue weighted by Crippen LogP contribution is 2.29. The molecule has 1 aromatic heterocycles. The first kappa shape index (κ1) is 22.1. The zero-order valence-electron chi connectivity index (χ0n) is 16.2. The Morgan fingerprint density at radius 1 is 1.19 bits per heavy atom. The number of aliphatic imine (C=N–C) groups is 1. The zero-order valence-corrected chi connectivity index (χ0v) is 18.5. The molecule has 0 atom stereocenters. The van der Waals surface area contributed by atoms with Crippen molar-refractivity contribution in [3.8, 4) is 11.5 Å². The smallest absolute Gasteiger partial charge is 0.195 e. The molecule has 144 valence electrons. The van der Waals surface area contributed by atoms with E-state index in [1.165, 1.54) is 11.3 Å². The van der Waals surface area contributed by atoms with Crippen molar-refractivity contribution in [1.82, 2.24) is 15.1 Å². The van der Waals surface area contributed by atoms with Gasteiger partial charge in [0.25, 0.3) is 0 Å². The number of hydrogen-bond acceptors (Lipinski definition) is 4. The summed E-state index contributed by atoms with van der Waals surface area (Å²) < 4.78 is 12.5. The van der Waals surface area contributed by atoms with Crippen LogP contribution in [-0.4, -0.2) is 43.6 Å². The van der Waals surface area contributed by atoms with Crippen LogP contribution in [0.1, 0.15) is 17.0 Å². The zero-order chi connectivity index (χ0) is 18.4. The topological polar surface area (TPSA) is 72.7 Å². The predicted molar refractivity (Wildman–Crippen MR) is 116 cm³/mol. The third-order valence-corrected chi connectivity index (χ3v) is 4.20. The molecule has 1 heterocycles. The molecule has 0 saturated heterocycles. The second-order valence-electron chi connectivity index (χ2n) is 5.72. The first-order valence-electron chi connectivity index (χ1n) is 8.19. The molecule has 2 N–H and O–H groups in total. The van der Waals surface area contributed by atoms with Crippen molar-refractivity contribution in [3.05, 3.63) is 35.2 Å². The van der Waals surface area contributed by atoms with Crippen LogP contribution in [-0.2, 0) is 13.5 Å². The first-order valence-corrected chi connectivity index (χ1v) is 8.19. The van der Waals surface area contributed by atoms with Crippen molar-refractivity contribution in [3.63, 3.8) is 0 Å². The van der Waals surface area contributed by atoms with Gasteiger partial charge >= 0.3 is 0 Å². The van der Waals surface area contributed by atoms with Gasteiger partial charge in [0.1, 0.15) is 0 Å². The number of methoxy groups -OCH3 is 2. The quantitative estimate of drug-likeness (QED) is 0.384. The first-order chi connectivity index (χ1) is 12.0. The molecule has 0 amide bonds. The number of aryl methyl sites for hydroxylation is 2. The average molecular weight is 473 g/mol. The van der Waals surface area contributed by atoms with Gasteiger partial charge in [-0.3, -0.25) is 9.67 Å². The molecule has 0 spiro atoms. The molecule has 2 rings (SSSR count). The Morgan fingerprint density at radius 2 is 1.88 bits per heavy atom. The number of nitrogens with one attached hydrogen (secondary N) is 2. The van der Waals surface area contributed by atoms with E-state index in [1.54, 1.807) is 21.3 Å². The van der Waals surface area contributed by atoms with Crippen LogP contribution in [0.25, 0.3) is 0 Å². The molecule has 0 fully saturated rings. The molecule has 0 aliphatic heterocycles. The highest BCUT2D eigenvalue weighted by molar-refractivity contribution is 14.0. The lowest BCUT2D eigenvalue weighted by Crippen LogP contribution is -2.32. The van der Waals surface area contributed by atoms with Crippen molar-refractivity contribution in [2.45, 2.75) is 20.3 Å². The van der Waals surface area contributed by atoms with E-state index >= 15 is 0 Å². The predicted octanol–water partition coefficient (Wildman–Crippen LogP) is 2.90. The van der Waals surface area contributed by atoms with Crippen molar-refractivity contribution < 1.29 is 9.47 Å². The normalized spacial score (nSPS) is 10.9. The van der Waals surface area contributed by atoms with Crippen LogP contribution in [0.3, 0.4) is 0 Å². The van der Waals surface area contributed by atoms with E-state index in [9.17, 15) is 0 Å². The number of halogens is 1. The summed E-state index contributed by atoms with van der Waals surface area (Å²) in [6.45, 7) is 4.89. The summed E-state index contributed by atoms with van der Waals surface area (Å²) in [6, 6.07) is 5.65. The van der Waals surface area contributed by atoms with Crippen LogP contribution in [0.5, 0.6) is 11.5 Å². The van der Waals surface area contributed by atoms with E-state index in [2.05, 4.69) is 27.6 Å². The number of anilines is 1. The summed E-state index contributed by atoms with van der Waals surface area (Å²) in [5.74, 6) is 2.06. The van der Waals surface area contributed by atoms with Gasteiger partial charge in [-0.05, 0) is 38.0 Å². The second-order valence-corrected chi connectivity index (χ2v) is 5.72. The third kappa shape index (κ3) is 5.26. The Bertz CT molecular complexity index is 758. The molecule has 0 unspecified atom stereocenters. The van der Waals surface area contributed by atoms with Crippen molar-refractivity contribution in [1.29, 1.82) is 0 Å². The SMILES string of the molecule is CN=C(NCCc1c(C)nn(C)c1C)Nc1ccc(OC)c(OC)c1.I. The maximum absolute atomic E-state index is 5.33. The second kappa shape index (κ2) is 10.2. The van der Waals surface area contributed by atoms with Gasteiger partial charge in [0.15, 0.2) is 17.5 Å². The van der Waals surface area contributed by atoms with E-state index in [4.69, 9.17) is 9.47 Å². The number of aromatic nitrogens is 2. The number of rotatable bonds is 6. The molecule has 0 saturated carbocycles. The molecule has 0 aliphatic carbocycles. The molecule has 26 heavy (non-hydrogen) atoms. The van der Waals surface area contributed by atoms with Crippen LogP contribution in [0, 0.1) is 13.8 Å². The minimum Gasteiger partial charge on any atom is -0.493 e. The lowest BCUT2D eigenvalue weighted by molar-refractivity contribution is 0.355. The molecule has 8 heteroatoms. The van der Waals surface area contributed by atoms with E-state index < -0.39 is 0 Å². The average Bonchev–Trinajstić information content (AvgIpc) is 2.86. The van der Waals surface area contributed by atoms with Crippen LogP contribution in [0.2, 0.25) is 0 Å². The minimum absolute atomic E-state index is 0. The molecular weight excluding hydrogens is 445 g/mol. The summed E-state index contributed by atoms with van der Waals surface area (Å²) in [5.41, 5.74) is 4.42. The molecule has 0 aliphatic rings. The molecule has 0 radical (unpaired) electrons. The van der Waals surface area contributed by atoms with Crippen LogP contribution in [0.15, 0.2) is 23.2 Å². The Balaban J connectivity index is 0.00000338. The maximum atomic E-state index is 5.33. The molecule has 7 nitrogen and oxygen atoms in total. The number of guanidine groups is 1. The van der Waals surface area contributed by atoms with Crippen molar-refractivity contribution in [2.75, 3.05) is 33.1 Å².